The van der Waals surface area contributed by atoms with E-state index in [1.54, 1.807) is 20.8 Å². The number of carboxylic acids is 1. The molecular weight excluding hydrogens is 516 g/mol. The normalized spacial score (nSPS) is 14.0. The summed E-state index contributed by atoms with van der Waals surface area (Å²) in [6, 6.07) is 20.0. The van der Waals surface area contributed by atoms with E-state index in [1.165, 1.54) is 24.3 Å². The van der Waals surface area contributed by atoms with Gasteiger partial charge in [-0.3, -0.25) is 10.1 Å². The zero-order valence-corrected chi connectivity index (χ0v) is 22.5. The van der Waals surface area contributed by atoms with Gasteiger partial charge in [-0.05, 0) is 55.2 Å². The summed E-state index contributed by atoms with van der Waals surface area (Å²) in [7, 11) is 0. The Bertz CT molecular complexity index is 1320. The Balaban J connectivity index is 1.41. The highest BCUT2D eigenvalue weighted by Crippen LogP contribution is 2.44. The average molecular weight is 549 g/mol. The minimum atomic E-state index is -1.41. The van der Waals surface area contributed by atoms with E-state index >= 15 is 0 Å². The quantitative estimate of drug-likeness (QED) is 0.235. The lowest BCUT2D eigenvalue weighted by Crippen LogP contribution is -2.52. The lowest BCUT2D eigenvalue weighted by Gasteiger charge is -2.31. The molecule has 2 atom stereocenters. The number of amides is 1. The fourth-order valence-corrected chi connectivity index (χ4v) is 4.79. The Morgan fingerprint density at radius 2 is 1.55 bits per heavy atom. The fourth-order valence-electron chi connectivity index (χ4n) is 4.79. The van der Waals surface area contributed by atoms with Crippen LogP contribution >= 0.6 is 0 Å². The molecule has 0 fully saturated rings. The number of rotatable bonds is 11. The Morgan fingerprint density at radius 1 is 0.975 bits per heavy atom. The summed E-state index contributed by atoms with van der Waals surface area (Å²) in [5, 5.41) is 23.3. The summed E-state index contributed by atoms with van der Waals surface area (Å²) < 4.78 is 17.2. The van der Waals surface area contributed by atoms with Crippen molar-refractivity contribution in [2.45, 2.75) is 50.9 Å². The number of hydrogen-bond acceptors (Lipinski definition) is 7. The molecule has 0 aromatic heterocycles. The van der Waals surface area contributed by atoms with Crippen LogP contribution in [-0.2, 0) is 14.3 Å². The number of nitrogens with zero attached hydrogens (tertiary/aromatic N) is 1. The molecule has 4 rings (SSSR count). The van der Waals surface area contributed by atoms with Crippen LogP contribution in [-0.4, -0.2) is 53.1 Å². The van der Waals surface area contributed by atoms with Crippen molar-refractivity contribution in [2.24, 2.45) is 0 Å². The summed E-state index contributed by atoms with van der Waals surface area (Å²) in [5.41, 5.74) is 3.48. The van der Waals surface area contributed by atoms with Gasteiger partial charge in [-0.25, -0.2) is 9.59 Å². The maximum Gasteiger partial charge on any atom is 0.407 e. The number of aliphatic carboxylic acids is 1. The number of fused-ring (bicyclic) bond motifs is 3. The number of carbonyl (C=O) groups is 2. The van der Waals surface area contributed by atoms with Crippen LogP contribution < -0.4 is 10.1 Å². The zero-order valence-electron chi connectivity index (χ0n) is 22.5. The molecule has 3 aromatic rings. The van der Waals surface area contributed by atoms with E-state index in [4.69, 9.17) is 14.2 Å². The minimum Gasteiger partial charge on any atom is -0.493 e. The van der Waals surface area contributed by atoms with Crippen LogP contribution in [0.4, 0.5) is 10.5 Å². The molecule has 0 saturated carbocycles. The van der Waals surface area contributed by atoms with Gasteiger partial charge in [0, 0.05) is 24.5 Å². The predicted octanol–water partition coefficient (Wildman–Crippen LogP) is 5.54. The molecule has 40 heavy (non-hydrogen) atoms. The van der Waals surface area contributed by atoms with Crippen molar-refractivity contribution >= 4 is 17.7 Å². The smallest absolute Gasteiger partial charge is 0.407 e. The first-order valence-corrected chi connectivity index (χ1v) is 12.9. The molecule has 3 aromatic carbocycles. The SMILES string of the molecule is CC(C)(C)O[C@@H](CCOc1ccc([N+](=O)[O-])cc1)[C@H](NC(=O)OCC1c2ccccc2-c2ccccc21)C(=O)O. The van der Waals surface area contributed by atoms with Crippen LogP contribution in [0, 0.1) is 10.1 Å². The van der Waals surface area contributed by atoms with Crippen LogP contribution in [0.25, 0.3) is 11.1 Å². The van der Waals surface area contributed by atoms with Crippen molar-refractivity contribution in [2.75, 3.05) is 13.2 Å². The summed E-state index contributed by atoms with van der Waals surface area (Å²) in [5.74, 6) is -1.06. The molecule has 0 spiro atoms. The lowest BCUT2D eigenvalue weighted by atomic mass is 9.98. The number of carbonyl (C=O) groups excluding carboxylic acids is 1. The largest absolute Gasteiger partial charge is 0.493 e. The molecule has 0 saturated heterocycles. The summed E-state index contributed by atoms with van der Waals surface area (Å²) in [4.78, 5) is 35.4. The van der Waals surface area contributed by atoms with Crippen molar-refractivity contribution in [3.05, 3.63) is 94.0 Å². The number of nitro groups is 1. The topological polar surface area (TPSA) is 137 Å². The van der Waals surface area contributed by atoms with Gasteiger partial charge < -0.3 is 24.6 Å². The number of benzene rings is 3. The van der Waals surface area contributed by atoms with E-state index < -0.39 is 34.7 Å². The number of carboxylic acid groups (broad SMARTS) is 1. The number of nitro benzene ring substituents is 1. The molecule has 10 heteroatoms. The van der Waals surface area contributed by atoms with Gasteiger partial charge in [0.1, 0.15) is 12.4 Å². The molecule has 0 heterocycles. The van der Waals surface area contributed by atoms with Crippen LogP contribution in [0.15, 0.2) is 72.8 Å². The number of alkyl carbamates (subject to hydrolysis) is 1. The molecule has 0 bridgehead atoms. The third kappa shape index (κ3) is 6.95. The van der Waals surface area contributed by atoms with Crippen molar-refractivity contribution < 1.29 is 33.8 Å². The van der Waals surface area contributed by atoms with Gasteiger partial charge in [0.2, 0.25) is 0 Å². The standard InChI is InChI=1S/C30H32N2O8/c1-30(2,3)40-26(16-17-38-20-14-12-19(13-15-20)32(36)37)27(28(33)34)31-29(35)39-18-25-23-10-6-4-8-21(23)22-9-5-7-11-24(22)25/h4-15,25-27H,16-18H2,1-3H3,(H,31,35)(H,33,34)/t26-,27-/m0/s1. The highest BCUT2D eigenvalue weighted by atomic mass is 16.6. The van der Waals surface area contributed by atoms with Crippen molar-refractivity contribution in [3.63, 3.8) is 0 Å². The second-order valence-electron chi connectivity index (χ2n) is 10.4. The lowest BCUT2D eigenvalue weighted by molar-refractivity contribution is -0.384. The van der Waals surface area contributed by atoms with E-state index in [1.807, 2.05) is 48.5 Å². The third-order valence-corrected chi connectivity index (χ3v) is 6.48. The second kappa shape index (κ2) is 12.2. The van der Waals surface area contributed by atoms with E-state index in [0.717, 1.165) is 22.3 Å². The van der Waals surface area contributed by atoms with Gasteiger partial charge in [0.05, 0.1) is 23.2 Å². The predicted molar refractivity (Wildman–Crippen MR) is 147 cm³/mol. The van der Waals surface area contributed by atoms with E-state index in [-0.39, 0.29) is 31.2 Å². The number of non-ortho nitro benzene ring substituents is 1. The van der Waals surface area contributed by atoms with Crippen LogP contribution in [0.2, 0.25) is 0 Å². The molecule has 1 aliphatic rings. The molecule has 2 N–H and O–H groups in total. The summed E-state index contributed by atoms with van der Waals surface area (Å²) in [6.45, 7) is 5.44. The first-order valence-electron chi connectivity index (χ1n) is 12.9. The summed E-state index contributed by atoms with van der Waals surface area (Å²) >= 11 is 0. The number of nitrogens with one attached hydrogen (secondary N) is 1. The molecule has 0 radical (unpaired) electrons. The Morgan fingerprint density at radius 3 is 2.08 bits per heavy atom. The molecule has 0 aliphatic heterocycles. The average Bonchev–Trinajstić information content (AvgIpc) is 3.23. The van der Waals surface area contributed by atoms with Crippen molar-refractivity contribution in [1.29, 1.82) is 0 Å². The van der Waals surface area contributed by atoms with E-state index in [2.05, 4.69) is 5.32 Å². The van der Waals surface area contributed by atoms with Crippen molar-refractivity contribution in [3.8, 4) is 16.9 Å². The van der Waals surface area contributed by atoms with Crippen molar-refractivity contribution in [1.82, 2.24) is 5.32 Å². The fraction of sp³-hybridized carbons (Fsp3) is 0.333. The van der Waals surface area contributed by atoms with Gasteiger partial charge >= 0.3 is 12.1 Å². The molecule has 0 unspecified atom stereocenters. The first-order chi connectivity index (χ1) is 19.0. The monoisotopic (exact) mass is 548 g/mol. The Kier molecular flexibility index (Phi) is 8.69. The summed E-state index contributed by atoms with van der Waals surface area (Å²) in [6.07, 6.45) is -1.70. The van der Waals surface area contributed by atoms with Gasteiger partial charge in [0.25, 0.3) is 5.69 Å². The highest BCUT2D eigenvalue weighted by molar-refractivity contribution is 5.81. The van der Waals surface area contributed by atoms with Gasteiger partial charge in [-0.15, -0.1) is 0 Å². The maximum absolute atomic E-state index is 12.9. The Hall–Kier alpha value is -4.44. The highest BCUT2D eigenvalue weighted by Gasteiger charge is 2.35. The molecule has 1 aliphatic carbocycles. The molecule has 1 amide bonds. The molecule has 10 nitrogen and oxygen atoms in total. The zero-order chi connectivity index (χ0) is 28.9. The van der Waals surface area contributed by atoms with E-state index in [0.29, 0.717) is 5.75 Å². The number of hydrogen-bond donors (Lipinski definition) is 2. The molecular formula is C30H32N2O8. The van der Waals surface area contributed by atoms with Crippen LogP contribution in [0.5, 0.6) is 5.75 Å². The van der Waals surface area contributed by atoms with E-state index in [9.17, 15) is 24.8 Å². The molecule has 210 valence electrons. The number of ether oxygens (including phenoxy) is 3. The minimum absolute atomic E-state index is 0.0419. The van der Waals surface area contributed by atoms with Gasteiger partial charge in [-0.1, -0.05) is 48.5 Å². The van der Waals surface area contributed by atoms with Gasteiger partial charge in [0.15, 0.2) is 6.04 Å². The maximum atomic E-state index is 12.9. The third-order valence-electron chi connectivity index (χ3n) is 6.48. The first kappa shape index (κ1) is 28.6. The van der Waals surface area contributed by atoms with Gasteiger partial charge in [-0.2, -0.15) is 0 Å². The Labute approximate surface area is 232 Å². The second-order valence-corrected chi connectivity index (χ2v) is 10.4. The van der Waals surface area contributed by atoms with Crippen LogP contribution in [0.3, 0.4) is 0 Å². The van der Waals surface area contributed by atoms with Crippen LogP contribution in [0.1, 0.15) is 44.2 Å².